The molecule has 0 aliphatic carbocycles. The van der Waals surface area contributed by atoms with E-state index in [4.69, 9.17) is 5.26 Å². The largest absolute Gasteiger partial charge is 0.433 e. The lowest BCUT2D eigenvalue weighted by Crippen LogP contribution is -2.07. The molecule has 0 aromatic carbocycles. The maximum atomic E-state index is 12.4. The Balaban J connectivity index is 0.00000106. The Morgan fingerprint density at radius 1 is 1.10 bits per heavy atom. The maximum Gasteiger partial charge on any atom is 0.433 e. The van der Waals surface area contributed by atoms with Crippen molar-refractivity contribution >= 4 is 0 Å². The van der Waals surface area contributed by atoms with Crippen molar-refractivity contribution in [2.24, 2.45) is 0 Å². The summed E-state index contributed by atoms with van der Waals surface area (Å²) in [6.07, 6.45) is -1.80. The molecule has 0 saturated heterocycles. The minimum absolute atomic E-state index is 0.209. The SMILES string of the molecule is CC.Cc1cnc(C#N)cc1-c1ccc(C(F)(F)F)nc1. The molecule has 21 heavy (non-hydrogen) atoms. The van der Waals surface area contributed by atoms with Gasteiger partial charge in [-0.15, -0.1) is 0 Å². The summed E-state index contributed by atoms with van der Waals surface area (Å²) in [5.41, 5.74) is 1.20. The molecular formula is C15H14F3N3. The summed E-state index contributed by atoms with van der Waals surface area (Å²) in [6.45, 7) is 5.77. The highest BCUT2D eigenvalue weighted by atomic mass is 19.4. The first-order chi connectivity index (χ1) is 9.91. The van der Waals surface area contributed by atoms with Crippen LogP contribution in [0.1, 0.15) is 30.8 Å². The Hall–Kier alpha value is -2.42. The quantitative estimate of drug-likeness (QED) is 0.784. The van der Waals surface area contributed by atoms with Gasteiger partial charge in [-0.3, -0.25) is 4.98 Å². The number of nitrogens with zero attached hydrogens (tertiary/aromatic N) is 3. The highest BCUT2D eigenvalue weighted by Gasteiger charge is 2.32. The van der Waals surface area contributed by atoms with Gasteiger partial charge in [-0.25, -0.2) is 4.98 Å². The van der Waals surface area contributed by atoms with Crippen molar-refractivity contribution in [3.05, 3.63) is 47.5 Å². The van der Waals surface area contributed by atoms with Crippen molar-refractivity contribution in [3.63, 3.8) is 0 Å². The van der Waals surface area contributed by atoms with Crippen molar-refractivity contribution in [1.82, 2.24) is 9.97 Å². The lowest BCUT2D eigenvalue weighted by Gasteiger charge is -2.08. The third-order valence-corrected chi connectivity index (χ3v) is 2.58. The fourth-order valence-corrected chi connectivity index (χ4v) is 1.62. The molecule has 2 heterocycles. The van der Waals surface area contributed by atoms with E-state index in [1.807, 2.05) is 19.9 Å². The number of alkyl halides is 3. The Kier molecular flexibility index (Phi) is 5.42. The fourth-order valence-electron chi connectivity index (χ4n) is 1.62. The van der Waals surface area contributed by atoms with Gasteiger partial charge in [0.25, 0.3) is 0 Å². The lowest BCUT2D eigenvalue weighted by atomic mass is 10.0. The highest BCUT2D eigenvalue weighted by Crippen LogP contribution is 2.29. The average Bonchev–Trinajstić information content (AvgIpc) is 2.49. The minimum Gasteiger partial charge on any atom is -0.251 e. The summed E-state index contributed by atoms with van der Waals surface area (Å²) in [6, 6.07) is 5.67. The van der Waals surface area contributed by atoms with E-state index < -0.39 is 11.9 Å². The van der Waals surface area contributed by atoms with Crippen molar-refractivity contribution in [3.8, 4) is 17.2 Å². The second kappa shape index (κ2) is 6.84. The van der Waals surface area contributed by atoms with Gasteiger partial charge in [-0.1, -0.05) is 19.9 Å². The Morgan fingerprint density at radius 3 is 2.24 bits per heavy atom. The molecule has 2 aromatic heterocycles. The zero-order chi connectivity index (χ0) is 16.0. The molecule has 0 N–H and O–H groups in total. The molecule has 0 radical (unpaired) electrons. The van der Waals surface area contributed by atoms with Crippen LogP contribution in [-0.2, 0) is 6.18 Å². The van der Waals surface area contributed by atoms with E-state index in [0.717, 1.165) is 17.8 Å². The Morgan fingerprint density at radius 2 is 1.76 bits per heavy atom. The Labute approximate surface area is 121 Å². The smallest absolute Gasteiger partial charge is 0.251 e. The number of hydrogen-bond acceptors (Lipinski definition) is 3. The van der Waals surface area contributed by atoms with Gasteiger partial charge in [0.15, 0.2) is 0 Å². The normalized spacial score (nSPS) is 10.3. The van der Waals surface area contributed by atoms with E-state index in [-0.39, 0.29) is 5.69 Å². The molecule has 2 aromatic rings. The molecular weight excluding hydrogens is 279 g/mol. The summed E-state index contributed by atoms with van der Waals surface area (Å²) in [5, 5.41) is 8.77. The monoisotopic (exact) mass is 293 g/mol. The van der Waals surface area contributed by atoms with Crippen LogP contribution in [0.4, 0.5) is 13.2 Å². The topological polar surface area (TPSA) is 49.6 Å². The molecule has 0 atom stereocenters. The molecule has 2 rings (SSSR count). The van der Waals surface area contributed by atoms with Crippen LogP contribution in [0.2, 0.25) is 0 Å². The molecule has 0 unspecified atom stereocenters. The molecule has 0 aliphatic rings. The molecule has 0 saturated carbocycles. The number of hydrogen-bond donors (Lipinski definition) is 0. The molecule has 0 aliphatic heterocycles. The van der Waals surface area contributed by atoms with Gasteiger partial charge >= 0.3 is 6.18 Å². The van der Waals surface area contributed by atoms with Crippen LogP contribution in [0.3, 0.4) is 0 Å². The van der Waals surface area contributed by atoms with Crippen LogP contribution in [0.5, 0.6) is 0 Å². The van der Waals surface area contributed by atoms with Crippen LogP contribution in [0.25, 0.3) is 11.1 Å². The van der Waals surface area contributed by atoms with Crippen molar-refractivity contribution in [2.75, 3.05) is 0 Å². The van der Waals surface area contributed by atoms with Crippen LogP contribution in [0.15, 0.2) is 30.6 Å². The number of aromatic nitrogens is 2. The predicted octanol–water partition coefficient (Wildman–Crippen LogP) is 4.37. The van der Waals surface area contributed by atoms with Crippen LogP contribution >= 0.6 is 0 Å². The van der Waals surface area contributed by atoms with Gasteiger partial charge < -0.3 is 0 Å². The molecule has 0 amide bonds. The molecule has 0 fully saturated rings. The van der Waals surface area contributed by atoms with Gasteiger partial charge in [-0.2, -0.15) is 18.4 Å². The van der Waals surface area contributed by atoms with Gasteiger partial charge in [0, 0.05) is 18.0 Å². The molecule has 6 heteroatoms. The first-order valence-electron chi connectivity index (χ1n) is 6.32. The van der Waals surface area contributed by atoms with E-state index in [1.54, 1.807) is 6.92 Å². The second-order valence-corrected chi connectivity index (χ2v) is 3.93. The first kappa shape index (κ1) is 16.6. The Bertz CT molecular complexity index is 641. The molecule has 0 bridgehead atoms. The van der Waals surface area contributed by atoms with Crippen molar-refractivity contribution < 1.29 is 13.2 Å². The maximum absolute atomic E-state index is 12.4. The second-order valence-electron chi connectivity index (χ2n) is 3.93. The van der Waals surface area contributed by atoms with E-state index in [0.29, 0.717) is 11.1 Å². The molecule has 3 nitrogen and oxygen atoms in total. The summed E-state index contributed by atoms with van der Waals surface area (Å²) in [5.74, 6) is 0. The fraction of sp³-hybridized carbons (Fsp3) is 0.267. The third-order valence-electron chi connectivity index (χ3n) is 2.58. The van der Waals surface area contributed by atoms with E-state index in [9.17, 15) is 13.2 Å². The minimum atomic E-state index is -4.45. The number of nitriles is 1. The van der Waals surface area contributed by atoms with E-state index in [1.165, 1.54) is 18.3 Å². The lowest BCUT2D eigenvalue weighted by molar-refractivity contribution is -0.141. The third kappa shape index (κ3) is 4.02. The zero-order valence-electron chi connectivity index (χ0n) is 11.9. The first-order valence-corrected chi connectivity index (χ1v) is 6.32. The molecule has 110 valence electrons. The average molecular weight is 293 g/mol. The van der Waals surface area contributed by atoms with Gasteiger partial charge in [-0.05, 0) is 30.2 Å². The van der Waals surface area contributed by atoms with Crippen molar-refractivity contribution in [2.45, 2.75) is 26.9 Å². The van der Waals surface area contributed by atoms with Gasteiger partial charge in [0.1, 0.15) is 17.5 Å². The van der Waals surface area contributed by atoms with Crippen LogP contribution in [-0.4, -0.2) is 9.97 Å². The van der Waals surface area contributed by atoms with Crippen LogP contribution in [0, 0.1) is 18.3 Å². The van der Waals surface area contributed by atoms with Crippen molar-refractivity contribution in [1.29, 1.82) is 5.26 Å². The zero-order valence-corrected chi connectivity index (χ0v) is 11.9. The van der Waals surface area contributed by atoms with Gasteiger partial charge in [0.2, 0.25) is 0 Å². The number of halogens is 3. The number of pyridine rings is 2. The summed E-state index contributed by atoms with van der Waals surface area (Å²) < 4.78 is 37.2. The molecule has 0 spiro atoms. The van der Waals surface area contributed by atoms with Crippen LogP contribution < -0.4 is 0 Å². The number of rotatable bonds is 1. The summed E-state index contributed by atoms with van der Waals surface area (Å²) in [7, 11) is 0. The number of aryl methyl sites for hydroxylation is 1. The highest BCUT2D eigenvalue weighted by molar-refractivity contribution is 5.67. The summed E-state index contributed by atoms with van der Waals surface area (Å²) >= 11 is 0. The van der Waals surface area contributed by atoms with E-state index in [2.05, 4.69) is 9.97 Å². The predicted molar refractivity (Wildman–Crippen MR) is 73.3 cm³/mol. The van der Waals surface area contributed by atoms with E-state index >= 15 is 0 Å². The standard InChI is InChI=1S/C13H8F3N3.C2H6/c1-8-6-18-10(5-17)4-11(8)9-2-3-12(19-7-9)13(14,15)16;1-2/h2-4,6-7H,1H3;1-2H3. The summed E-state index contributed by atoms with van der Waals surface area (Å²) in [4.78, 5) is 7.27. The van der Waals surface area contributed by atoms with Gasteiger partial charge in [0.05, 0.1) is 0 Å².